The molecule has 2 unspecified atom stereocenters. The van der Waals surface area contributed by atoms with Gasteiger partial charge in [0.15, 0.2) is 0 Å². The zero-order chi connectivity index (χ0) is 14.6. The normalized spacial score (nSPS) is 22.6. The maximum absolute atomic E-state index is 11.7. The zero-order valence-electron chi connectivity index (χ0n) is 12.1. The molecule has 3 N–H and O–H groups in total. The predicted molar refractivity (Wildman–Crippen MR) is 73.8 cm³/mol. The summed E-state index contributed by atoms with van der Waals surface area (Å²) in [6, 6.07) is -0.433. The Labute approximate surface area is 114 Å². The molecule has 1 rings (SSSR count). The fraction of sp³-hybridized carbons (Fsp3) is 0.714. The number of carbonyl (C=O) groups excluding carboxylic acids is 1. The molecule has 1 aliphatic carbocycles. The van der Waals surface area contributed by atoms with Gasteiger partial charge < -0.3 is 15.7 Å². The average Bonchev–Trinajstić information content (AvgIpc) is 2.75. The Hall–Kier alpha value is -1.52. The van der Waals surface area contributed by atoms with Gasteiger partial charge in [0.25, 0.3) is 0 Å². The van der Waals surface area contributed by atoms with Gasteiger partial charge in [0.05, 0.1) is 12.0 Å². The van der Waals surface area contributed by atoms with Gasteiger partial charge in [-0.05, 0) is 17.8 Å². The summed E-state index contributed by atoms with van der Waals surface area (Å²) in [6.07, 6.45) is 3.80. The monoisotopic (exact) mass is 268 g/mol. The SMILES string of the molecule is CC(C)C(C)(C)CNC(=O)NC1C=CC(C(=O)O)C1. The van der Waals surface area contributed by atoms with Crippen LogP contribution in [0.25, 0.3) is 0 Å². The first-order valence-electron chi connectivity index (χ1n) is 6.68. The second-order valence-corrected chi connectivity index (χ2v) is 6.14. The second-order valence-electron chi connectivity index (χ2n) is 6.14. The molecular formula is C14H24N2O3. The molecule has 0 aromatic rings. The van der Waals surface area contributed by atoms with Crippen LogP contribution >= 0.6 is 0 Å². The summed E-state index contributed by atoms with van der Waals surface area (Å²) in [4.78, 5) is 22.5. The average molecular weight is 268 g/mol. The van der Waals surface area contributed by atoms with Crippen molar-refractivity contribution in [2.24, 2.45) is 17.3 Å². The van der Waals surface area contributed by atoms with Gasteiger partial charge in [-0.2, -0.15) is 0 Å². The number of hydrogen-bond acceptors (Lipinski definition) is 2. The summed E-state index contributed by atoms with van der Waals surface area (Å²) in [5, 5.41) is 14.5. The van der Waals surface area contributed by atoms with Gasteiger partial charge in [0.1, 0.15) is 0 Å². The topological polar surface area (TPSA) is 78.4 Å². The minimum absolute atomic E-state index is 0.0342. The highest BCUT2D eigenvalue weighted by Crippen LogP contribution is 2.24. The highest BCUT2D eigenvalue weighted by molar-refractivity contribution is 5.76. The lowest BCUT2D eigenvalue weighted by molar-refractivity contribution is -0.140. The molecule has 0 heterocycles. The van der Waals surface area contributed by atoms with Crippen molar-refractivity contribution in [2.45, 2.75) is 40.2 Å². The molecule has 0 aromatic carbocycles. The molecule has 0 spiro atoms. The van der Waals surface area contributed by atoms with Crippen LogP contribution in [0, 0.1) is 17.3 Å². The molecule has 0 radical (unpaired) electrons. The third-order valence-electron chi connectivity index (χ3n) is 3.98. The van der Waals surface area contributed by atoms with Crippen LogP contribution in [0.15, 0.2) is 12.2 Å². The number of urea groups is 1. The molecule has 0 saturated heterocycles. The van der Waals surface area contributed by atoms with Crippen molar-refractivity contribution in [3.63, 3.8) is 0 Å². The molecule has 5 heteroatoms. The van der Waals surface area contributed by atoms with Gasteiger partial charge in [-0.15, -0.1) is 0 Å². The molecule has 5 nitrogen and oxygen atoms in total. The van der Waals surface area contributed by atoms with Crippen molar-refractivity contribution in [1.82, 2.24) is 10.6 Å². The fourth-order valence-corrected chi connectivity index (χ4v) is 1.72. The first kappa shape index (κ1) is 15.5. The van der Waals surface area contributed by atoms with Crippen LogP contribution in [-0.2, 0) is 4.79 Å². The number of aliphatic carboxylic acids is 1. The number of hydrogen-bond donors (Lipinski definition) is 3. The van der Waals surface area contributed by atoms with E-state index in [1.165, 1.54) is 0 Å². The van der Waals surface area contributed by atoms with E-state index in [-0.39, 0.29) is 17.5 Å². The van der Waals surface area contributed by atoms with E-state index >= 15 is 0 Å². The van der Waals surface area contributed by atoms with Crippen LogP contribution in [0.2, 0.25) is 0 Å². The van der Waals surface area contributed by atoms with Crippen molar-refractivity contribution in [1.29, 1.82) is 0 Å². The van der Waals surface area contributed by atoms with Crippen LogP contribution in [0.1, 0.15) is 34.1 Å². The molecule has 0 fully saturated rings. The van der Waals surface area contributed by atoms with Crippen molar-refractivity contribution in [3.05, 3.63) is 12.2 Å². The summed E-state index contributed by atoms with van der Waals surface area (Å²) < 4.78 is 0. The smallest absolute Gasteiger partial charge is 0.315 e. The number of rotatable bonds is 5. The molecule has 1 aliphatic rings. The molecule has 0 aromatic heterocycles. The number of amides is 2. The van der Waals surface area contributed by atoms with E-state index in [4.69, 9.17) is 5.11 Å². The third-order valence-corrected chi connectivity index (χ3v) is 3.98. The van der Waals surface area contributed by atoms with E-state index in [0.717, 1.165) is 0 Å². The molecule has 2 amide bonds. The van der Waals surface area contributed by atoms with Gasteiger partial charge in [-0.3, -0.25) is 4.79 Å². The maximum atomic E-state index is 11.7. The lowest BCUT2D eigenvalue weighted by atomic mass is 9.81. The van der Waals surface area contributed by atoms with Crippen LogP contribution < -0.4 is 10.6 Å². The van der Waals surface area contributed by atoms with Gasteiger partial charge in [0.2, 0.25) is 0 Å². The molecule has 19 heavy (non-hydrogen) atoms. The third kappa shape index (κ3) is 4.58. The van der Waals surface area contributed by atoms with Crippen molar-refractivity contribution in [2.75, 3.05) is 6.54 Å². The minimum Gasteiger partial charge on any atom is -0.481 e. The highest BCUT2D eigenvalue weighted by atomic mass is 16.4. The molecule has 2 atom stereocenters. The Morgan fingerprint density at radius 3 is 2.47 bits per heavy atom. The van der Waals surface area contributed by atoms with Crippen molar-refractivity contribution >= 4 is 12.0 Å². The number of carboxylic acid groups (broad SMARTS) is 1. The van der Waals surface area contributed by atoms with Crippen molar-refractivity contribution < 1.29 is 14.7 Å². The van der Waals surface area contributed by atoms with E-state index in [1.807, 2.05) is 0 Å². The predicted octanol–water partition coefficient (Wildman–Crippen LogP) is 2.00. The largest absolute Gasteiger partial charge is 0.481 e. The zero-order valence-corrected chi connectivity index (χ0v) is 12.1. The molecule has 0 saturated carbocycles. The second kappa shape index (κ2) is 6.08. The summed E-state index contributed by atoms with van der Waals surface area (Å²) in [7, 11) is 0. The Kier molecular flexibility index (Phi) is 4.97. The lowest BCUT2D eigenvalue weighted by Crippen LogP contribution is -2.45. The van der Waals surface area contributed by atoms with E-state index in [9.17, 15) is 9.59 Å². The van der Waals surface area contributed by atoms with Crippen LogP contribution in [0.4, 0.5) is 4.79 Å². The van der Waals surface area contributed by atoms with Crippen LogP contribution in [0.5, 0.6) is 0 Å². The van der Waals surface area contributed by atoms with Gasteiger partial charge in [0, 0.05) is 6.54 Å². The van der Waals surface area contributed by atoms with E-state index in [2.05, 4.69) is 38.3 Å². The quantitative estimate of drug-likeness (QED) is 0.667. The fourth-order valence-electron chi connectivity index (χ4n) is 1.72. The molecular weight excluding hydrogens is 244 g/mol. The minimum atomic E-state index is -0.845. The lowest BCUT2D eigenvalue weighted by Gasteiger charge is -2.29. The Balaban J connectivity index is 2.34. The van der Waals surface area contributed by atoms with Crippen LogP contribution in [-0.4, -0.2) is 29.7 Å². The number of nitrogens with one attached hydrogen (secondary N) is 2. The summed E-state index contributed by atoms with van der Waals surface area (Å²) in [5.41, 5.74) is 0.0342. The molecule has 0 bridgehead atoms. The summed E-state index contributed by atoms with van der Waals surface area (Å²) in [5.74, 6) is -0.866. The molecule has 0 aliphatic heterocycles. The Morgan fingerprint density at radius 1 is 1.37 bits per heavy atom. The number of carbonyl (C=O) groups is 2. The van der Waals surface area contributed by atoms with Gasteiger partial charge in [-0.1, -0.05) is 39.8 Å². The first-order chi connectivity index (χ1) is 8.72. The Bertz CT molecular complexity index is 375. The van der Waals surface area contributed by atoms with Crippen molar-refractivity contribution in [3.8, 4) is 0 Å². The van der Waals surface area contributed by atoms with Gasteiger partial charge >= 0.3 is 12.0 Å². The Morgan fingerprint density at radius 2 is 2.00 bits per heavy atom. The summed E-state index contributed by atoms with van der Waals surface area (Å²) >= 11 is 0. The van der Waals surface area contributed by atoms with Crippen LogP contribution in [0.3, 0.4) is 0 Å². The standard InChI is InChI=1S/C14H24N2O3/c1-9(2)14(3,4)8-15-13(19)16-11-6-5-10(7-11)12(17)18/h5-6,9-11H,7-8H2,1-4H3,(H,17,18)(H2,15,16,19). The maximum Gasteiger partial charge on any atom is 0.315 e. The molecule has 108 valence electrons. The number of carboxylic acids is 1. The first-order valence-corrected chi connectivity index (χ1v) is 6.68. The van der Waals surface area contributed by atoms with E-state index in [0.29, 0.717) is 18.9 Å². The van der Waals surface area contributed by atoms with Gasteiger partial charge in [-0.25, -0.2) is 4.79 Å². The summed E-state index contributed by atoms with van der Waals surface area (Å²) in [6.45, 7) is 9.05. The van der Waals surface area contributed by atoms with E-state index < -0.39 is 11.9 Å². The van der Waals surface area contributed by atoms with E-state index in [1.54, 1.807) is 12.2 Å². The highest BCUT2D eigenvalue weighted by Gasteiger charge is 2.26.